The quantitative estimate of drug-likeness (QED) is 0.620. The predicted molar refractivity (Wildman–Crippen MR) is 46.6 cm³/mol. The molecule has 0 aromatic carbocycles. The molecule has 2 nitrogen and oxygen atoms in total. The first-order valence-electron chi connectivity index (χ1n) is 2.82. The van der Waals surface area contributed by atoms with Crippen molar-refractivity contribution in [2.45, 2.75) is 0 Å². The highest BCUT2D eigenvalue weighted by Gasteiger charge is 2.07. The molecule has 0 radical (unpaired) electrons. The summed E-state index contributed by atoms with van der Waals surface area (Å²) in [5.41, 5.74) is 6.28. The zero-order valence-electron chi connectivity index (χ0n) is 5.45. The van der Waals surface area contributed by atoms with Gasteiger partial charge in [-0.25, -0.2) is 4.99 Å². The molecule has 0 spiro atoms. The van der Waals surface area contributed by atoms with Crippen molar-refractivity contribution < 1.29 is 0 Å². The lowest BCUT2D eigenvalue weighted by atomic mass is 10.3. The van der Waals surface area contributed by atoms with E-state index in [0.29, 0.717) is 0 Å². The van der Waals surface area contributed by atoms with Crippen LogP contribution in [0.1, 0.15) is 0 Å². The number of aliphatic imine (C=N–C) groups is 1. The molecule has 0 fully saturated rings. The van der Waals surface area contributed by atoms with Crippen molar-refractivity contribution in [1.29, 1.82) is 0 Å². The molecular weight excluding hydrogens is 144 g/mol. The lowest BCUT2D eigenvalue weighted by Gasteiger charge is -1.92. The maximum absolute atomic E-state index is 5.31. The second-order valence-corrected chi connectivity index (χ2v) is 2.55. The Morgan fingerprint density at radius 1 is 1.70 bits per heavy atom. The van der Waals surface area contributed by atoms with E-state index < -0.39 is 0 Å². The minimum atomic E-state index is 0.914. The number of hydrogen-bond donors (Lipinski definition) is 1. The Kier molecular flexibility index (Phi) is 2.34. The molecule has 0 aromatic heterocycles. The van der Waals surface area contributed by atoms with Gasteiger partial charge in [0.2, 0.25) is 0 Å². The molecule has 0 unspecified atom stereocenters. The second kappa shape index (κ2) is 3.27. The normalized spacial score (nSPS) is 24.4. The largest absolute Gasteiger partial charge is 0.404 e. The number of allylic oxidation sites excluding steroid dienone is 1. The standard InChI is InChI=1S/C7H8N2S/c1-2-9-7-6(5-8)3-4-10-7/h2-5H,1,8H2/b6-5-,9-7+. The molecule has 1 rings (SSSR count). The van der Waals surface area contributed by atoms with Gasteiger partial charge in [-0.05, 0) is 11.5 Å². The van der Waals surface area contributed by atoms with Crippen LogP contribution in [0.2, 0.25) is 0 Å². The fourth-order valence-electron chi connectivity index (χ4n) is 0.626. The number of hydrogen-bond acceptors (Lipinski definition) is 3. The molecule has 1 heterocycles. The first-order valence-corrected chi connectivity index (χ1v) is 3.70. The Morgan fingerprint density at radius 3 is 3.10 bits per heavy atom. The monoisotopic (exact) mass is 152 g/mol. The van der Waals surface area contributed by atoms with Gasteiger partial charge in [0.05, 0.1) is 0 Å². The minimum Gasteiger partial charge on any atom is -0.404 e. The molecule has 0 saturated carbocycles. The Balaban J connectivity index is 2.84. The third-order valence-corrected chi connectivity index (χ3v) is 1.90. The van der Waals surface area contributed by atoms with Crippen molar-refractivity contribution >= 4 is 16.8 Å². The second-order valence-electron chi connectivity index (χ2n) is 1.66. The summed E-state index contributed by atoms with van der Waals surface area (Å²) >= 11 is 1.55. The van der Waals surface area contributed by atoms with E-state index in [-0.39, 0.29) is 0 Å². The number of nitrogens with two attached hydrogens (primary N) is 1. The number of thioether (sulfide) groups is 1. The summed E-state index contributed by atoms with van der Waals surface area (Å²) in [5, 5.41) is 2.86. The topological polar surface area (TPSA) is 38.4 Å². The van der Waals surface area contributed by atoms with E-state index in [1.807, 2.05) is 11.5 Å². The van der Waals surface area contributed by atoms with Crippen LogP contribution in [0.5, 0.6) is 0 Å². The van der Waals surface area contributed by atoms with Crippen molar-refractivity contribution in [2.75, 3.05) is 0 Å². The summed E-state index contributed by atoms with van der Waals surface area (Å²) in [6, 6.07) is 0. The average molecular weight is 152 g/mol. The van der Waals surface area contributed by atoms with Crippen LogP contribution < -0.4 is 5.73 Å². The highest BCUT2D eigenvalue weighted by atomic mass is 32.2. The SMILES string of the molecule is C=C/N=C1/SC=C/C1=C/N. The van der Waals surface area contributed by atoms with Crippen LogP contribution in [0.15, 0.2) is 41.0 Å². The van der Waals surface area contributed by atoms with Crippen molar-refractivity contribution in [3.63, 3.8) is 0 Å². The van der Waals surface area contributed by atoms with E-state index in [4.69, 9.17) is 5.73 Å². The van der Waals surface area contributed by atoms with Crippen LogP contribution in [-0.2, 0) is 0 Å². The van der Waals surface area contributed by atoms with Gasteiger partial charge in [-0.15, -0.1) is 0 Å². The van der Waals surface area contributed by atoms with Gasteiger partial charge in [0.15, 0.2) is 0 Å². The van der Waals surface area contributed by atoms with Gasteiger partial charge in [0.25, 0.3) is 0 Å². The van der Waals surface area contributed by atoms with E-state index in [1.165, 1.54) is 6.20 Å². The summed E-state index contributed by atoms with van der Waals surface area (Å²) < 4.78 is 0. The van der Waals surface area contributed by atoms with Gasteiger partial charge < -0.3 is 5.73 Å². The zero-order chi connectivity index (χ0) is 7.40. The van der Waals surface area contributed by atoms with Crippen molar-refractivity contribution in [2.24, 2.45) is 10.7 Å². The van der Waals surface area contributed by atoms with Gasteiger partial charge in [-0.1, -0.05) is 18.3 Å². The molecule has 3 heteroatoms. The van der Waals surface area contributed by atoms with Gasteiger partial charge in [-0.3, -0.25) is 0 Å². The van der Waals surface area contributed by atoms with Gasteiger partial charge in [-0.2, -0.15) is 0 Å². The van der Waals surface area contributed by atoms with Crippen molar-refractivity contribution in [3.05, 3.63) is 36.0 Å². The summed E-state index contributed by atoms with van der Waals surface area (Å²) in [6.07, 6.45) is 4.98. The first-order chi connectivity index (χ1) is 4.88. The van der Waals surface area contributed by atoms with E-state index in [2.05, 4.69) is 11.6 Å². The smallest absolute Gasteiger partial charge is 0.109 e. The summed E-state index contributed by atoms with van der Waals surface area (Å²) in [7, 11) is 0. The highest BCUT2D eigenvalue weighted by molar-refractivity contribution is 8.17. The maximum atomic E-state index is 5.31. The Morgan fingerprint density at radius 2 is 2.50 bits per heavy atom. The lowest BCUT2D eigenvalue weighted by Crippen LogP contribution is -1.92. The molecule has 2 N–H and O–H groups in total. The molecule has 10 heavy (non-hydrogen) atoms. The summed E-state index contributed by atoms with van der Waals surface area (Å²) in [5.74, 6) is 0. The molecule has 0 amide bonds. The molecule has 0 bridgehead atoms. The third kappa shape index (κ3) is 1.30. The van der Waals surface area contributed by atoms with Gasteiger partial charge in [0, 0.05) is 18.0 Å². The third-order valence-electron chi connectivity index (χ3n) is 1.06. The van der Waals surface area contributed by atoms with Crippen molar-refractivity contribution in [3.8, 4) is 0 Å². The Labute approximate surface area is 64.2 Å². The average Bonchev–Trinajstić information content (AvgIpc) is 2.36. The fraction of sp³-hybridized carbons (Fsp3) is 0. The molecule has 0 aromatic rings. The van der Waals surface area contributed by atoms with E-state index >= 15 is 0 Å². The fourth-order valence-corrected chi connectivity index (χ4v) is 1.38. The first kappa shape index (κ1) is 7.15. The number of rotatable bonds is 1. The molecule has 0 saturated heterocycles. The van der Waals surface area contributed by atoms with Gasteiger partial charge in [0.1, 0.15) is 5.04 Å². The van der Waals surface area contributed by atoms with E-state index in [9.17, 15) is 0 Å². The predicted octanol–water partition coefficient (Wildman–Crippen LogP) is 1.63. The summed E-state index contributed by atoms with van der Waals surface area (Å²) in [6.45, 7) is 3.50. The minimum absolute atomic E-state index is 0.914. The maximum Gasteiger partial charge on any atom is 0.109 e. The number of nitrogens with zero attached hydrogens (tertiary/aromatic N) is 1. The molecular formula is C7H8N2S. The van der Waals surface area contributed by atoms with Crippen LogP contribution in [0.4, 0.5) is 0 Å². The lowest BCUT2D eigenvalue weighted by molar-refractivity contribution is 1.54. The molecule has 1 aliphatic rings. The van der Waals surface area contributed by atoms with Crippen LogP contribution in [0.25, 0.3) is 0 Å². The molecule has 52 valence electrons. The Bertz CT molecular complexity index is 226. The van der Waals surface area contributed by atoms with E-state index in [0.717, 1.165) is 10.6 Å². The van der Waals surface area contributed by atoms with Crippen molar-refractivity contribution in [1.82, 2.24) is 0 Å². The van der Waals surface area contributed by atoms with Gasteiger partial charge >= 0.3 is 0 Å². The van der Waals surface area contributed by atoms with Crippen LogP contribution in [0.3, 0.4) is 0 Å². The Hall–Kier alpha value is -0.960. The van der Waals surface area contributed by atoms with Crippen LogP contribution in [-0.4, -0.2) is 5.04 Å². The van der Waals surface area contributed by atoms with E-state index in [1.54, 1.807) is 18.0 Å². The zero-order valence-corrected chi connectivity index (χ0v) is 6.27. The van der Waals surface area contributed by atoms with Crippen LogP contribution >= 0.6 is 11.8 Å². The molecule has 0 atom stereocenters. The summed E-state index contributed by atoms with van der Waals surface area (Å²) in [4.78, 5) is 4.01. The molecule has 1 aliphatic heterocycles. The highest BCUT2D eigenvalue weighted by Crippen LogP contribution is 2.22. The molecule has 0 aliphatic carbocycles. The van der Waals surface area contributed by atoms with Crippen LogP contribution in [0, 0.1) is 0 Å².